The van der Waals surface area contributed by atoms with Gasteiger partial charge in [0, 0.05) is 12.3 Å². The first-order chi connectivity index (χ1) is 17.3. The van der Waals surface area contributed by atoms with Crippen molar-refractivity contribution in [2.24, 2.45) is 11.8 Å². The van der Waals surface area contributed by atoms with Gasteiger partial charge in [-0.05, 0) is 35.7 Å². The Balaban J connectivity index is 1.66. The van der Waals surface area contributed by atoms with Gasteiger partial charge in [-0.2, -0.15) is 0 Å². The summed E-state index contributed by atoms with van der Waals surface area (Å²) in [6.07, 6.45) is -0.418. The van der Waals surface area contributed by atoms with Gasteiger partial charge in [-0.3, -0.25) is 14.4 Å². The minimum absolute atomic E-state index is 0.0317. The molecular weight excluding hydrogens is 460 g/mol. The van der Waals surface area contributed by atoms with Crippen molar-refractivity contribution in [1.82, 2.24) is 0 Å². The molecular formula is C29H28O7. The number of hydrogen-bond donors (Lipinski definition) is 2. The van der Waals surface area contributed by atoms with E-state index in [2.05, 4.69) is 0 Å². The summed E-state index contributed by atoms with van der Waals surface area (Å²) < 4.78 is 11.0. The highest BCUT2D eigenvalue weighted by Crippen LogP contribution is 2.47. The molecule has 7 nitrogen and oxygen atoms in total. The Labute approximate surface area is 209 Å². The van der Waals surface area contributed by atoms with E-state index in [1.165, 1.54) is 19.1 Å². The Kier molecular flexibility index (Phi) is 7.50. The predicted octanol–water partition coefficient (Wildman–Crippen LogP) is 3.92. The van der Waals surface area contributed by atoms with E-state index in [4.69, 9.17) is 9.47 Å². The molecule has 0 aliphatic heterocycles. The molecule has 3 aromatic rings. The van der Waals surface area contributed by atoms with Gasteiger partial charge in [0.2, 0.25) is 0 Å². The predicted molar refractivity (Wildman–Crippen MR) is 131 cm³/mol. The van der Waals surface area contributed by atoms with Gasteiger partial charge in [-0.15, -0.1) is 0 Å². The van der Waals surface area contributed by atoms with Gasteiger partial charge < -0.3 is 19.7 Å². The van der Waals surface area contributed by atoms with Crippen LogP contribution in [-0.4, -0.2) is 33.5 Å². The molecule has 1 aliphatic rings. The third-order valence-electron chi connectivity index (χ3n) is 6.48. The lowest BCUT2D eigenvalue weighted by molar-refractivity contribution is -0.174. The van der Waals surface area contributed by atoms with Gasteiger partial charge in [-0.1, -0.05) is 72.8 Å². The molecule has 0 heterocycles. The van der Waals surface area contributed by atoms with Crippen LogP contribution in [0.5, 0.6) is 5.75 Å². The Bertz CT molecular complexity index is 1220. The highest BCUT2D eigenvalue weighted by Gasteiger charge is 2.57. The van der Waals surface area contributed by atoms with E-state index in [1.54, 1.807) is 48.5 Å². The Morgan fingerprint density at radius 2 is 1.42 bits per heavy atom. The molecule has 7 heteroatoms. The Morgan fingerprint density at radius 1 is 0.861 bits per heavy atom. The SMILES string of the molecule is C[C@]1(O)CC(=O)[C@H](C(=O)OCc2ccccc2)[C@H](c2cccc(O)c2)[C@@H]1C(=O)OCc1ccccc1. The second kappa shape index (κ2) is 10.7. The summed E-state index contributed by atoms with van der Waals surface area (Å²) in [5, 5.41) is 21.4. The first-order valence-electron chi connectivity index (χ1n) is 11.7. The summed E-state index contributed by atoms with van der Waals surface area (Å²) in [6.45, 7) is 1.31. The number of carbonyl (C=O) groups is 3. The van der Waals surface area contributed by atoms with Crippen LogP contribution in [0, 0.1) is 11.8 Å². The second-order valence-corrected chi connectivity index (χ2v) is 9.26. The van der Waals surface area contributed by atoms with Crippen molar-refractivity contribution in [3.63, 3.8) is 0 Å². The molecule has 3 aromatic carbocycles. The topological polar surface area (TPSA) is 110 Å². The highest BCUT2D eigenvalue weighted by atomic mass is 16.5. The standard InChI is InChI=1S/C29H28O7/c1-29(34)16-23(31)25(27(32)35-17-19-9-4-2-5-10-19)24(21-13-8-14-22(30)15-21)26(29)28(33)36-18-20-11-6-3-7-12-20/h2-15,24-26,30,34H,16-18H2,1H3/t24-,25-,26+,29-/m0/s1. The average Bonchev–Trinajstić information content (AvgIpc) is 2.86. The zero-order chi connectivity index (χ0) is 25.7. The number of aromatic hydroxyl groups is 1. The van der Waals surface area contributed by atoms with Crippen molar-refractivity contribution in [2.45, 2.75) is 38.1 Å². The minimum Gasteiger partial charge on any atom is -0.508 e. The molecule has 0 bridgehead atoms. The first kappa shape index (κ1) is 25.1. The lowest BCUT2D eigenvalue weighted by Gasteiger charge is -2.43. The zero-order valence-corrected chi connectivity index (χ0v) is 19.9. The molecule has 4 rings (SSSR count). The van der Waals surface area contributed by atoms with Crippen LogP contribution in [0.1, 0.15) is 36.0 Å². The number of aliphatic hydroxyl groups is 1. The molecule has 0 amide bonds. The minimum atomic E-state index is -1.78. The number of hydrogen-bond acceptors (Lipinski definition) is 7. The van der Waals surface area contributed by atoms with E-state index >= 15 is 0 Å². The van der Waals surface area contributed by atoms with Crippen molar-refractivity contribution in [3.05, 3.63) is 102 Å². The largest absolute Gasteiger partial charge is 0.508 e. The van der Waals surface area contributed by atoms with E-state index in [1.807, 2.05) is 24.3 Å². The third kappa shape index (κ3) is 5.63. The number of ether oxygens (including phenoxy) is 2. The van der Waals surface area contributed by atoms with Crippen LogP contribution in [0.3, 0.4) is 0 Å². The van der Waals surface area contributed by atoms with Crippen molar-refractivity contribution in [1.29, 1.82) is 0 Å². The summed E-state index contributed by atoms with van der Waals surface area (Å²) >= 11 is 0. The van der Waals surface area contributed by atoms with E-state index in [0.29, 0.717) is 5.56 Å². The van der Waals surface area contributed by atoms with Gasteiger partial charge in [0.25, 0.3) is 0 Å². The molecule has 1 saturated carbocycles. The fourth-order valence-electron chi connectivity index (χ4n) is 4.78. The Hall–Kier alpha value is -3.97. The van der Waals surface area contributed by atoms with Crippen molar-refractivity contribution in [2.75, 3.05) is 0 Å². The molecule has 1 aliphatic carbocycles. The maximum atomic E-state index is 13.4. The smallest absolute Gasteiger partial charge is 0.317 e. The zero-order valence-electron chi connectivity index (χ0n) is 19.9. The van der Waals surface area contributed by atoms with E-state index in [-0.39, 0.29) is 19.0 Å². The van der Waals surface area contributed by atoms with Crippen LogP contribution in [0.4, 0.5) is 0 Å². The first-order valence-corrected chi connectivity index (χ1v) is 11.7. The van der Waals surface area contributed by atoms with Gasteiger partial charge in [0.15, 0.2) is 5.78 Å². The van der Waals surface area contributed by atoms with Crippen molar-refractivity contribution < 1.29 is 34.1 Å². The molecule has 0 radical (unpaired) electrons. The maximum Gasteiger partial charge on any atom is 0.317 e. The number of ketones is 1. The highest BCUT2D eigenvalue weighted by molar-refractivity contribution is 6.02. The molecule has 36 heavy (non-hydrogen) atoms. The van der Waals surface area contributed by atoms with Crippen LogP contribution in [0.15, 0.2) is 84.9 Å². The summed E-state index contributed by atoms with van der Waals surface area (Å²) in [5.41, 5.74) is 0.0718. The summed E-state index contributed by atoms with van der Waals surface area (Å²) in [7, 11) is 0. The molecule has 2 N–H and O–H groups in total. The molecule has 0 unspecified atom stereocenters. The number of rotatable bonds is 7. The second-order valence-electron chi connectivity index (χ2n) is 9.26. The number of carbonyl (C=O) groups excluding carboxylic acids is 3. The van der Waals surface area contributed by atoms with Crippen LogP contribution >= 0.6 is 0 Å². The summed E-state index contributed by atoms with van der Waals surface area (Å²) in [6, 6.07) is 24.1. The number of esters is 2. The lowest BCUT2D eigenvalue weighted by atomic mass is 9.61. The summed E-state index contributed by atoms with van der Waals surface area (Å²) in [5.74, 6) is -5.89. The molecule has 0 aromatic heterocycles. The molecule has 0 spiro atoms. The molecule has 1 fully saturated rings. The van der Waals surface area contributed by atoms with Crippen LogP contribution in [-0.2, 0) is 37.1 Å². The van der Waals surface area contributed by atoms with Gasteiger partial charge in [0.05, 0.1) is 11.5 Å². The molecule has 186 valence electrons. The quantitative estimate of drug-likeness (QED) is 0.383. The fraction of sp³-hybridized carbons (Fsp3) is 0.276. The number of benzene rings is 3. The number of Topliss-reactive ketones (excluding diaryl/α,β-unsaturated/α-hetero) is 1. The van der Waals surface area contributed by atoms with Crippen LogP contribution < -0.4 is 0 Å². The van der Waals surface area contributed by atoms with E-state index in [9.17, 15) is 24.6 Å². The van der Waals surface area contributed by atoms with Gasteiger partial charge in [-0.25, -0.2) is 0 Å². The average molecular weight is 489 g/mol. The maximum absolute atomic E-state index is 13.4. The van der Waals surface area contributed by atoms with Crippen molar-refractivity contribution >= 4 is 17.7 Å². The Morgan fingerprint density at radius 3 is 1.97 bits per heavy atom. The normalized spacial score (nSPS) is 23.6. The summed E-state index contributed by atoms with van der Waals surface area (Å²) in [4.78, 5) is 39.9. The molecule has 0 saturated heterocycles. The van der Waals surface area contributed by atoms with Gasteiger partial charge in [0.1, 0.15) is 24.9 Å². The van der Waals surface area contributed by atoms with E-state index < -0.39 is 47.5 Å². The third-order valence-corrected chi connectivity index (χ3v) is 6.48. The lowest BCUT2D eigenvalue weighted by Crippen LogP contribution is -2.55. The van der Waals surface area contributed by atoms with Gasteiger partial charge >= 0.3 is 11.9 Å². The van der Waals surface area contributed by atoms with Crippen molar-refractivity contribution in [3.8, 4) is 5.75 Å². The van der Waals surface area contributed by atoms with Crippen LogP contribution in [0.25, 0.3) is 0 Å². The monoisotopic (exact) mass is 488 g/mol. The molecule has 4 atom stereocenters. The number of phenols is 1. The van der Waals surface area contributed by atoms with E-state index in [0.717, 1.165) is 11.1 Å². The number of phenolic OH excluding ortho intramolecular Hbond substituents is 1. The fourth-order valence-corrected chi connectivity index (χ4v) is 4.78. The van der Waals surface area contributed by atoms with Crippen LogP contribution in [0.2, 0.25) is 0 Å².